The van der Waals surface area contributed by atoms with E-state index in [4.69, 9.17) is 4.74 Å². The number of rotatable bonds is 5. The van der Waals surface area contributed by atoms with Gasteiger partial charge in [0.1, 0.15) is 0 Å². The van der Waals surface area contributed by atoms with Crippen molar-refractivity contribution < 1.29 is 9.13 Å². The van der Waals surface area contributed by atoms with E-state index in [0.717, 1.165) is 23.7 Å². The molecule has 0 bridgehead atoms. The molecule has 0 N–H and O–H groups in total. The molecule has 1 aromatic rings. The summed E-state index contributed by atoms with van der Waals surface area (Å²) in [5.74, 6) is -0.000803. The van der Waals surface area contributed by atoms with E-state index in [1.54, 1.807) is 6.07 Å². The lowest BCUT2D eigenvalue weighted by Crippen LogP contribution is -1.92. The van der Waals surface area contributed by atoms with Gasteiger partial charge in [0.2, 0.25) is 0 Å². The minimum atomic E-state index is -0.298. The first kappa shape index (κ1) is 13.2. The third kappa shape index (κ3) is 3.97. The second-order valence-electron chi connectivity index (χ2n) is 3.67. The lowest BCUT2D eigenvalue weighted by Gasteiger charge is -2.05. The van der Waals surface area contributed by atoms with E-state index in [1.165, 1.54) is 18.7 Å². The van der Waals surface area contributed by atoms with E-state index < -0.39 is 0 Å². The predicted octanol–water partition coefficient (Wildman–Crippen LogP) is 4.11. The van der Waals surface area contributed by atoms with Crippen molar-refractivity contribution in [3.63, 3.8) is 0 Å². The summed E-state index contributed by atoms with van der Waals surface area (Å²) in [6, 6.07) is 5.10. The summed E-state index contributed by atoms with van der Waals surface area (Å²) >= 11 is 3.37. The average molecular weight is 287 g/mol. The van der Waals surface area contributed by atoms with Gasteiger partial charge in [-0.25, -0.2) is 4.39 Å². The Bertz CT molecular complexity index is 374. The average Bonchev–Trinajstić information content (AvgIpc) is 2.26. The van der Waals surface area contributed by atoms with Crippen LogP contribution < -0.4 is 4.74 Å². The van der Waals surface area contributed by atoms with Crippen LogP contribution in [0.15, 0.2) is 29.8 Å². The largest absolute Gasteiger partial charge is 0.494 e. The highest BCUT2D eigenvalue weighted by atomic mass is 79.9. The second-order valence-corrected chi connectivity index (χ2v) is 4.47. The molecule has 0 aliphatic carbocycles. The van der Waals surface area contributed by atoms with Gasteiger partial charge in [-0.3, -0.25) is 0 Å². The first-order chi connectivity index (χ1) is 7.67. The molecule has 0 aliphatic heterocycles. The monoisotopic (exact) mass is 286 g/mol. The van der Waals surface area contributed by atoms with Crippen LogP contribution in [0.1, 0.15) is 18.9 Å². The van der Waals surface area contributed by atoms with E-state index in [-0.39, 0.29) is 5.82 Å². The molecular formula is C13H16BrFO. The van der Waals surface area contributed by atoms with Gasteiger partial charge >= 0.3 is 0 Å². The van der Waals surface area contributed by atoms with Crippen molar-refractivity contribution in [2.24, 2.45) is 0 Å². The molecule has 0 spiro atoms. The molecule has 0 radical (unpaired) electrons. The van der Waals surface area contributed by atoms with Gasteiger partial charge < -0.3 is 4.74 Å². The molecule has 1 aromatic carbocycles. The van der Waals surface area contributed by atoms with Gasteiger partial charge in [0.15, 0.2) is 11.6 Å². The highest BCUT2D eigenvalue weighted by Crippen LogP contribution is 2.19. The lowest BCUT2D eigenvalue weighted by atomic mass is 10.1. The molecule has 1 rings (SSSR count). The van der Waals surface area contributed by atoms with Crippen LogP contribution >= 0.6 is 15.9 Å². The Balaban J connectivity index is 2.71. The highest BCUT2D eigenvalue weighted by molar-refractivity contribution is 9.09. The number of halogens is 2. The number of allylic oxidation sites excluding steroid dienone is 2. The normalized spacial score (nSPS) is 11.6. The second kappa shape index (κ2) is 6.69. The summed E-state index contributed by atoms with van der Waals surface area (Å²) < 4.78 is 18.3. The zero-order valence-electron chi connectivity index (χ0n) is 9.59. The molecule has 16 heavy (non-hydrogen) atoms. The van der Waals surface area contributed by atoms with Crippen molar-refractivity contribution in [1.29, 1.82) is 0 Å². The Morgan fingerprint density at radius 2 is 2.25 bits per heavy atom. The van der Waals surface area contributed by atoms with Crippen molar-refractivity contribution >= 4 is 15.9 Å². The van der Waals surface area contributed by atoms with Gasteiger partial charge in [0.05, 0.1) is 7.11 Å². The number of hydrogen-bond donors (Lipinski definition) is 0. The van der Waals surface area contributed by atoms with Gasteiger partial charge in [-0.15, -0.1) is 0 Å². The molecule has 0 atom stereocenters. The summed E-state index contributed by atoms with van der Waals surface area (Å²) in [6.45, 7) is 2.06. The van der Waals surface area contributed by atoms with Crippen molar-refractivity contribution in [1.82, 2.24) is 0 Å². The fraction of sp³-hybridized carbons (Fsp3) is 0.385. The quantitative estimate of drug-likeness (QED) is 0.585. The molecule has 88 valence electrons. The maximum Gasteiger partial charge on any atom is 0.165 e. The summed E-state index contributed by atoms with van der Waals surface area (Å²) in [7, 11) is 1.47. The van der Waals surface area contributed by atoms with E-state index in [2.05, 4.69) is 28.9 Å². The van der Waals surface area contributed by atoms with Crippen LogP contribution in [-0.4, -0.2) is 12.4 Å². The van der Waals surface area contributed by atoms with Crippen LogP contribution in [0.2, 0.25) is 0 Å². The summed E-state index contributed by atoms with van der Waals surface area (Å²) in [5.41, 5.74) is 2.23. The smallest absolute Gasteiger partial charge is 0.165 e. The molecule has 0 fully saturated rings. The fourth-order valence-electron chi connectivity index (χ4n) is 1.51. The van der Waals surface area contributed by atoms with Crippen LogP contribution in [0.3, 0.4) is 0 Å². The van der Waals surface area contributed by atoms with Crippen LogP contribution in [-0.2, 0) is 6.42 Å². The molecular weight excluding hydrogens is 271 g/mol. The number of methoxy groups -OCH3 is 1. The Morgan fingerprint density at radius 3 is 2.81 bits per heavy atom. The molecule has 0 saturated carbocycles. The third-order valence-corrected chi connectivity index (χ3v) is 2.76. The Kier molecular flexibility index (Phi) is 5.53. The van der Waals surface area contributed by atoms with Gasteiger partial charge in [0.25, 0.3) is 0 Å². The molecule has 0 unspecified atom stereocenters. The molecule has 3 heteroatoms. The topological polar surface area (TPSA) is 9.23 Å². The van der Waals surface area contributed by atoms with Crippen molar-refractivity contribution in [3.8, 4) is 5.75 Å². The van der Waals surface area contributed by atoms with E-state index >= 15 is 0 Å². The van der Waals surface area contributed by atoms with Crippen LogP contribution in [0.25, 0.3) is 0 Å². The SMILES string of the molecule is COc1ccc(CC(C)=CCCBr)cc1F. The Morgan fingerprint density at radius 1 is 1.50 bits per heavy atom. The molecule has 1 nitrogen and oxygen atoms in total. The number of benzene rings is 1. The van der Waals surface area contributed by atoms with Crippen molar-refractivity contribution in [2.45, 2.75) is 19.8 Å². The molecule has 0 saturated heterocycles. The first-order valence-corrected chi connectivity index (χ1v) is 6.33. The van der Waals surface area contributed by atoms with E-state index in [0.29, 0.717) is 5.75 Å². The summed E-state index contributed by atoms with van der Waals surface area (Å²) in [6.07, 6.45) is 3.95. The van der Waals surface area contributed by atoms with Crippen molar-refractivity contribution in [3.05, 3.63) is 41.2 Å². The van der Waals surface area contributed by atoms with Gasteiger partial charge in [-0.2, -0.15) is 0 Å². The maximum absolute atomic E-state index is 13.4. The lowest BCUT2D eigenvalue weighted by molar-refractivity contribution is 0.386. The van der Waals surface area contributed by atoms with E-state index in [9.17, 15) is 4.39 Å². The minimum absolute atomic E-state index is 0.297. The van der Waals surface area contributed by atoms with Gasteiger partial charge in [-0.1, -0.05) is 33.6 Å². The zero-order valence-corrected chi connectivity index (χ0v) is 11.2. The van der Waals surface area contributed by atoms with Crippen LogP contribution in [0.4, 0.5) is 4.39 Å². The van der Waals surface area contributed by atoms with Gasteiger partial charge in [0, 0.05) is 5.33 Å². The molecule has 0 aromatic heterocycles. The maximum atomic E-state index is 13.4. The minimum Gasteiger partial charge on any atom is -0.494 e. The summed E-state index contributed by atoms with van der Waals surface area (Å²) in [5, 5.41) is 0.960. The fourth-order valence-corrected chi connectivity index (χ4v) is 1.74. The van der Waals surface area contributed by atoms with Crippen LogP contribution in [0.5, 0.6) is 5.75 Å². The summed E-state index contributed by atoms with van der Waals surface area (Å²) in [4.78, 5) is 0. The number of alkyl halides is 1. The Labute approximate surface area is 104 Å². The highest BCUT2D eigenvalue weighted by Gasteiger charge is 2.03. The Hall–Kier alpha value is -0.830. The zero-order chi connectivity index (χ0) is 12.0. The standard InChI is InChI=1S/C13H16BrFO/c1-10(4-3-7-14)8-11-5-6-13(16-2)12(15)9-11/h4-6,9H,3,7-8H2,1-2H3. The van der Waals surface area contributed by atoms with Gasteiger partial charge in [-0.05, 0) is 37.5 Å². The third-order valence-electron chi connectivity index (χ3n) is 2.30. The van der Waals surface area contributed by atoms with Crippen molar-refractivity contribution in [2.75, 3.05) is 12.4 Å². The number of ether oxygens (including phenoxy) is 1. The first-order valence-electron chi connectivity index (χ1n) is 5.21. The molecule has 0 aliphatic rings. The van der Waals surface area contributed by atoms with E-state index in [1.807, 2.05) is 6.07 Å². The molecule has 0 amide bonds. The molecule has 0 heterocycles. The predicted molar refractivity (Wildman–Crippen MR) is 68.8 cm³/mol. The van der Waals surface area contributed by atoms with Crippen LogP contribution in [0, 0.1) is 5.82 Å². The number of hydrogen-bond acceptors (Lipinski definition) is 1.